The molecule has 1 saturated heterocycles. The molecular formula is C63H126N4O3. The van der Waals surface area contributed by atoms with Crippen LogP contribution in [-0.4, -0.2) is 110 Å². The van der Waals surface area contributed by atoms with Gasteiger partial charge in [-0.1, -0.05) is 253 Å². The van der Waals surface area contributed by atoms with E-state index in [2.05, 4.69) is 54.2 Å². The number of rotatable bonds is 56. The molecule has 0 aliphatic carbocycles. The largest absolute Gasteiger partial charge is 0.466 e. The van der Waals surface area contributed by atoms with E-state index in [9.17, 15) is 9.59 Å². The Morgan fingerprint density at radius 3 is 1.13 bits per heavy atom. The fraction of sp³-hybridized carbons (Fsp3) is 0.968. The van der Waals surface area contributed by atoms with Crippen molar-refractivity contribution in [1.29, 1.82) is 0 Å². The van der Waals surface area contributed by atoms with Crippen LogP contribution < -0.4 is 0 Å². The number of hydrogen-bond acceptors (Lipinski definition) is 6. The second-order valence-corrected chi connectivity index (χ2v) is 22.6. The average molecular weight is 988 g/mol. The molecule has 1 atom stereocenters. The highest BCUT2D eigenvalue weighted by Crippen LogP contribution is 2.21. The lowest BCUT2D eigenvalue weighted by atomic mass is 10.0. The molecule has 1 aliphatic heterocycles. The molecule has 0 spiro atoms. The molecule has 1 unspecified atom stereocenters. The predicted octanol–water partition coefficient (Wildman–Crippen LogP) is 17.8. The Bertz CT molecular complexity index is 1070. The minimum atomic E-state index is -0.00976. The third-order valence-electron chi connectivity index (χ3n) is 15.7. The van der Waals surface area contributed by atoms with Gasteiger partial charge in [0.1, 0.15) is 0 Å². The van der Waals surface area contributed by atoms with Crippen molar-refractivity contribution in [3.05, 3.63) is 0 Å². The van der Waals surface area contributed by atoms with Crippen molar-refractivity contribution in [2.24, 2.45) is 5.92 Å². The average Bonchev–Trinajstić information content (AvgIpc) is 3.84. The molecule has 0 N–H and O–H groups in total. The molecule has 1 heterocycles. The minimum absolute atomic E-state index is 0.00976. The number of likely N-dealkylation sites (tertiary alicyclic amines) is 1. The number of amides is 1. The molecule has 1 rings (SSSR count). The smallest absolute Gasteiger partial charge is 0.305 e. The summed E-state index contributed by atoms with van der Waals surface area (Å²) in [6.45, 7) is 23.7. The number of hydrogen-bond donors (Lipinski definition) is 0. The van der Waals surface area contributed by atoms with Crippen LogP contribution in [-0.2, 0) is 14.3 Å². The number of carbonyl (C=O) groups excluding carboxylic acids is 2. The first-order chi connectivity index (χ1) is 34.5. The standard InChI is InChI=1S/C63H126N4O3/c1-6-11-16-20-24-25-26-27-28-32-38-43-51-65(52-44-39-33-34-40-47-63(69)70-57-46-15-10-5)58-61-48-54-67(59-61)62(68)60-66(53-45-37-31-23-19-14-9-4)56-55-64(49-41-35-29-21-17-12-7-2)50-42-36-30-22-18-13-8-3/h61H,6-60H2,1-5H3. The summed E-state index contributed by atoms with van der Waals surface area (Å²) in [5.41, 5.74) is 0. The summed E-state index contributed by atoms with van der Waals surface area (Å²) in [5.74, 6) is 0.957. The molecule has 7 nitrogen and oxygen atoms in total. The highest BCUT2D eigenvalue weighted by atomic mass is 16.5. The fourth-order valence-electron chi connectivity index (χ4n) is 10.8. The van der Waals surface area contributed by atoms with Crippen molar-refractivity contribution in [1.82, 2.24) is 19.6 Å². The van der Waals surface area contributed by atoms with E-state index in [1.165, 1.54) is 257 Å². The lowest BCUT2D eigenvalue weighted by molar-refractivity contribution is -0.144. The lowest BCUT2D eigenvalue weighted by Gasteiger charge is -2.29. The van der Waals surface area contributed by atoms with E-state index in [4.69, 9.17) is 4.74 Å². The molecule has 0 saturated carbocycles. The van der Waals surface area contributed by atoms with Crippen molar-refractivity contribution >= 4 is 11.9 Å². The first-order valence-corrected chi connectivity index (χ1v) is 32.1. The van der Waals surface area contributed by atoms with Gasteiger partial charge in [0.25, 0.3) is 0 Å². The lowest BCUT2D eigenvalue weighted by Crippen LogP contribution is -2.43. The maximum absolute atomic E-state index is 14.2. The highest BCUT2D eigenvalue weighted by Gasteiger charge is 2.28. The molecule has 1 aliphatic rings. The quantitative estimate of drug-likeness (QED) is 0.0447. The van der Waals surface area contributed by atoms with Gasteiger partial charge in [0, 0.05) is 39.1 Å². The Morgan fingerprint density at radius 1 is 0.386 bits per heavy atom. The fourth-order valence-corrected chi connectivity index (χ4v) is 10.8. The summed E-state index contributed by atoms with van der Waals surface area (Å²) in [6, 6.07) is 0. The van der Waals surface area contributed by atoms with Gasteiger partial charge in [-0.3, -0.25) is 14.5 Å². The molecule has 0 radical (unpaired) electrons. The van der Waals surface area contributed by atoms with Crippen LogP contribution >= 0.6 is 0 Å². The zero-order valence-electron chi connectivity index (χ0n) is 48.5. The second kappa shape index (κ2) is 52.7. The molecular weight excluding hydrogens is 861 g/mol. The Balaban J connectivity index is 2.79. The van der Waals surface area contributed by atoms with Crippen molar-refractivity contribution in [3.63, 3.8) is 0 Å². The molecule has 1 amide bonds. The first kappa shape index (κ1) is 66.8. The zero-order valence-corrected chi connectivity index (χ0v) is 48.5. The molecule has 7 heteroatoms. The van der Waals surface area contributed by atoms with Crippen LogP contribution in [0.4, 0.5) is 0 Å². The summed E-state index contributed by atoms with van der Waals surface area (Å²) in [6.07, 6.45) is 55.9. The minimum Gasteiger partial charge on any atom is -0.466 e. The summed E-state index contributed by atoms with van der Waals surface area (Å²) >= 11 is 0. The van der Waals surface area contributed by atoms with E-state index in [0.717, 1.165) is 77.8 Å². The monoisotopic (exact) mass is 987 g/mol. The molecule has 0 aromatic heterocycles. The SMILES string of the molecule is CCCCCCCCCCCCCCN(CCCCCCCC(=O)OCCCCC)CC1CCN(C(=O)CN(CCCCCCCCC)CCN(CCCCCCCCC)CCCCCCCCC)C1. The Hall–Kier alpha value is -1.18. The third kappa shape index (κ3) is 43.2. The number of unbranched alkanes of at least 4 members (excludes halogenated alkanes) is 35. The zero-order chi connectivity index (χ0) is 50.6. The van der Waals surface area contributed by atoms with Crippen molar-refractivity contribution in [2.45, 2.75) is 311 Å². The maximum Gasteiger partial charge on any atom is 0.305 e. The van der Waals surface area contributed by atoms with Gasteiger partial charge in [-0.15, -0.1) is 0 Å². The van der Waals surface area contributed by atoms with Crippen LogP contribution in [0, 0.1) is 5.92 Å². The molecule has 0 bridgehead atoms. The number of esters is 1. The van der Waals surface area contributed by atoms with Gasteiger partial charge < -0.3 is 19.4 Å². The van der Waals surface area contributed by atoms with Crippen LogP contribution in [0.15, 0.2) is 0 Å². The summed E-state index contributed by atoms with van der Waals surface area (Å²) < 4.78 is 5.43. The van der Waals surface area contributed by atoms with Crippen LogP contribution in [0.3, 0.4) is 0 Å². The van der Waals surface area contributed by atoms with Crippen LogP contribution in [0.1, 0.15) is 311 Å². The third-order valence-corrected chi connectivity index (χ3v) is 15.7. The Morgan fingerprint density at radius 2 is 0.714 bits per heavy atom. The maximum atomic E-state index is 14.2. The second-order valence-electron chi connectivity index (χ2n) is 22.6. The van der Waals surface area contributed by atoms with E-state index in [1.807, 2.05) is 0 Å². The van der Waals surface area contributed by atoms with Gasteiger partial charge in [-0.05, 0) is 90.0 Å². The summed E-state index contributed by atoms with van der Waals surface area (Å²) in [7, 11) is 0. The number of nitrogens with zero attached hydrogens (tertiary/aromatic N) is 4. The van der Waals surface area contributed by atoms with Crippen molar-refractivity contribution in [3.8, 4) is 0 Å². The molecule has 0 aromatic carbocycles. The molecule has 1 fully saturated rings. The van der Waals surface area contributed by atoms with E-state index < -0.39 is 0 Å². The molecule has 70 heavy (non-hydrogen) atoms. The topological polar surface area (TPSA) is 56.3 Å². The van der Waals surface area contributed by atoms with Crippen molar-refractivity contribution in [2.75, 3.05) is 78.6 Å². The van der Waals surface area contributed by atoms with E-state index >= 15 is 0 Å². The van der Waals surface area contributed by atoms with Gasteiger partial charge in [0.15, 0.2) is 0 Å². The van der Waals surface area contributed by atoms with Gasteiger partial charge >= 0.3 is 5.97 Å². The van der Waals surface area contributed by atoms with Gasteiger partial charge in [-0.25, -0.2) is 0 Å². The Labute approximate surface area is 439 Å². The molecule has 0 aromatic rings. The van der Waals surface area contributed by atoms with E-state index in [0.29, 0.717) is 31.4 Å². The van der Waals surface area contributed by atoms with E-state index in [-0.39, 0.29) is 5.97 Å². The van der Waals surface area contributed by atoms with Crippen LogP contribution in [0.2, 0.25) is 0 Å². The first-order valence-electron chi connectivity index (χ1n) is 32.1. The number of carbonyl (C=O) groups is 2. The normalized spacial score (nSPS) is 14.1. The van der Waals surface area contributed by atoms with Crippen LogP contribution in [0.5, 0.6) is 0 Å². The van der Waals surface area contributed by atoms with Gasteiger partial charge in [0.05, 0.1) is 13.2 Å². The highest BCUT2D eigenvalue weighted by molar-refractivity contribution is 5.78. The van der Waals surface area contributed by atoms with E-state index in [1.54, 1.807) is 0 Å². The van der Waals surface area contributed by atoms with Crippen LogP contribution in [0.25, 0.3) is 0 Å². The van der Waals surface area contributed by atoms with Gasteiger partial charge in [0.2, 0.25) is 5.91 Å². The summed E-state index contributed by atoms with van der Waals surface area (Å²) in [5, 5.41) is 0. The Kier molecular flexibility index (Phi) is 50.3. The number of ether oxygens (including phenoxy) is 1. The predicted molar refractivity (Wildman–Crippen MR) is 307 cm³/mol. The van der Waals surface area contributed by atoms with Gasteiger partial charge in [-0.2, -0.15) is 0 Å². The summed E-state index contributed by atoms with van der Waals surface area (Å²) in [4.78, 5) is 36.8. The molecule has 416 valence electrons. The van der Waals surface area contributed by atoms with Crippen molar-refractivity contribution < 1.29 is 14.3 Å².